The molecule has 0 spiro atoms. The third-order valence-corrected chi connectivity index (χ3v) is 3.85. The minimum atomic E-state index is -0.251. The molecule has 1 aromatic carbocycles. The first-order chi connectivity index (χ1) is 11.7. The van der Waals surface area contributed by atoms with Crippen molar-refractivity contribution in [3.63, 3.8) is 0 Å². The van der Waals surface area contributed by atoms with Gasteiger partial charge in [0.15, 0.2) is 18.2 Å². The van der Waals surface area contributed by atoms with Crippen molar-refractivity contribution in [1.82, 2.24) is 10.2 Å². The number of nitrogens with one attached hydrogen (secondary N) is 1. The van der Waals surface area contributed by atoms with Crippen LogP contribution >= 0.6 is 0 Å². The van der Waals surface area contributed by atoms with Gasteiger partial charge >= 0.3 is 12.0 Å². The molecule has 0 radical (unpaired) electrons. The van der Waals surface area contributed by atoms with Crippen molar-refractivity contribution >= 4 is 12.0 Å². The fraction of sp³-hybridized carbons (Fsp3) is 0.529. The lowest BCUT2D eigenvalue weighted by atomic mass is 9.98. The highest BCUT2D eigenvalue weighted by molar-refractivity contribution is 5.77. The molecule has 0 saturated carbocycles. The summed E-state index contributed by atoms with van der Waals surface area (Å²) in [7, 11) is 1.56. The molecular weight excluding hydrogens is 312 g/mol. The molecule has 7 nitrogen and oxygen atoms in total. The average Bonchev–Trinajstić information content (AvgIpc) is 2.62. The van der Waals surface area contributed by atoms with Gasteiger partial charge in [-0.1, -0.05) is 12.1 Å². The maximum atomic E-state index is 12.2. The van der Waals surface area contributed by atoms with Crippen LogP contribution in [0.25, 0.3) is 0 Å². The van der Waals surface area contributed by atoms with Gasteiger partial charge < -0.3 is 24.4 Å². The molecule has 0 aliphatic carbocycles. The number of esters is 1. The van der Waals surface area contributed by atoms with Gasteiger partial charge in [-0.25, -0.2) is 4.79 Å². The molecule has 2 rings (SSSR count). The number of benzene rings is 1. The molecular formula is C17H24N2O5. The number of nitrogens with zero attached hydrogens (tertiary/aromatic N) is 1. The van der Waals surface area contributed by atoms with Gasteiger partial charge in [0.05, 0.1) is 19.6 Å². The summed E-state index contributed by atoms with van der Waals surface area (Å²) in [5.74, 6) is 0.676. The summed E-state index contributed by atoms with van der Waals surface area (Å²) < 4.78 is 15.7. The normalized spacial score (nSPS) is 17.1. The number of urea groups is 1. The molecule has 1 atom stereocenters. The molecule has 24 heavy (non-hydrogen) atoms. The van der Waals surface area contributed by atoms with Gasteiger partial charge in [-0.2, -0.15) is 0 Å². The summed E-state index contributed by atoms with van der Waals surface area (Å²) in [6.45, 7) is 3.16. The smallest absolute Gasteiger partial charge is 0.320 e. The zero-order valence-corrected chi connectivity index (χ0v) is 14.1. The Labute approximate surface area is 141 Å². The number of rotatable bonds is 6. The summed E-state index contributed by atoms with van der Waals surface area (Å²) in [4.78, 5) is 25.7. The van der Waals surface area contributed by atoms with Crippen molar-refractivity contribution in [2.75, 3.05) is 33.5 Å². The number of para-hydroxylation sites is 2. The van der Waals surface area contributed by atoms with Gasteiger partial charge in [-0.3, -0.25) is 4.79 Å². The fourth-order valence-electron chi connectivity index (χ4n) is 2.64. The van der Waals surface area contributed by atoms with Crippen LogP contribution in [0.5, 0.6) is 11.5 Å². The van der Waals surface area contributed by atoms with Crippen molar-refractivity contribution in [2.45, 2.75) is 19.8 Å². The minimum absolute atomic E-state index is 0.0276. The number of hydrogen-bond acceptors (Lipinski definition) is 5. The van der Waals surface area contributed by atoms with Crippen molar-refractivity contribution in [1.29, 1.82) is 0 Å². The molecule has 1 N–H and O–H groups in total. The summed E-state index contributed by atoms with van der Waals surface area (Å²) in [5, 5.41) is 2.70. The van der Waals surface area contributed by atoms with E-state index in [1.165, 1.54) is 0 Å². The lowest BCUT2D eigenvalue weighted by Crippen LogP contribution is -2.48. The molecule has 1 aliphatic rings. The molecule has 1 unspecified atom stereocenters. The number of piperidine rings is 1. The van der Waals surface area contributed by atoms with Gasteiger partial charge in [0.25, 0.3) is 0 Å². The van der Waals surface area contributed by atoms with E-state index in [-0.39, 0.29) is 24.6 Å². The molecule has 0 bridgehead atoms. The summed E-state index contributed by atoms with van der Waals surface area (Å²) in [6.07, 6.45) is 1.53. The molecule has 1 fully saturated rings. The predicted molar refractivity (Wildman–Crippen MR) is 88.0 cm³/mol. The summed E-state index contributed by atoms with van der Waals surface area (Å²) in [5.41, 5.74) is 0. The van der Waals surface area contributed by atoms with E-state index in [1.54, 1.807) is 31.1 Å². The third kappa shape index (κ3) is 4.78. The Kier molecular flexibility index (Phi) is 6.72. The highest BCUT2D eigenvalue weighted by Crippen LogP contribution is 2.25. The molecule has 1 aromatic rings. The molecule has 1 saturated heterocycles. The van der Waals surface area contributed by atoms with Crippen LogP contribution in [0.3, 0.4) is 0 Å². The molecule has 1 aliphatic heterocycles. The predicted octanol–water partition coefficient (Wildman–Crippen LogP) is 2.02. The van der Waals surface area contributed by atoms with Crippen LogP contribution in [0.15, 0.2) is 24.3 Å². The summed E-state index contributed by atoms with van der Waals surface area (Å²) >= 11 is 0. The van der Waals surface area contributed by atoms with Crippen LogP contribution < -0.4 is 14.8 Å². The van der Waals surface area contributed by atoms with Crippen molar-refractivity contribution in [2.24, 2.45) is 5.92 Å². The van der Waals surface area contributed by atoms with E-state index in [2.05, 4.69) is 5.32 Å². The second-order valence-corrected chi connectivity index (χ2v) is 5.46. The Morgan fingerprint density at radius 3 is 2.75 bits per heavy atom. The number of likely N-dealkylation sites (tertiary alicyclic amines) is 1. The van der Waals surface area contributed by atoms with Crippen LogP contribution in [0.2, 0.25) is 0 Å². The Hall–Kier alpha value is -2.44. The fourth-order valence-corrected chi connectivity index (χ4v) is 2.64. The Morgan fingerprint density at radius 1 is 1.29 bits per heavy atom. The zero-order chi connectivity index (χ0) is 17.4. The van der Waals surface area contributed by atoms with E-state index < -0.39 is 0 Å². The molecule has 7 heteroatoms. The van der Waals surface area contributed by atoms with E-state index >= 15 is 0 Å². The minimum Gasteiger partial charge on any atom is -0.493 e. The maximum absolute atomic E-state index is 12.2. The summed E-state index contributed by atoms with van der Waals surface area (Å²) in [6, 6.07) is 6.97. The van der Waals surface area contributed by atoms with Crippen molar-refractivity contribution < 1.29 is 23.8 Å². The van der Waals surface area contributed by atoms with Gasteiger partial charge in [0, 0.05) is 13.1 Å². The van der Waals surface area contributed by atoms with E-state index in [0.29, 0.717) is 31.2 Å². The maximum Gasteiger partial charge on any atom is 0.320 e. The van der Waals surface area contributed by atoms with Gasteiger partial charge in [-0.15, -0.1) is 0 Å². The first-order valence-corrected chi connectivity index (χ1v) is 8.11. The zero-order valence-electron chi connectivity index (χ0n) is 14.1. The quantitative estimate of drug-likeness (QED) is 0.635. The van der Waals surface area contributed by atoms with E-state index in [0.717, 1.165) is 12.8 Å². The van der Waals surface area contributed by atoms with Gasteiger partial charge in [0.1, 0.15) is 0 Å². The second-order valence-electron chi connectivity index (χ2n) is 5.46. The van der Waals surface area contributed by atoms with Gasteiger partial charge in [0.2, 0.25) is 0 Å². The monoisotopic (exact) mass is 336 g/mol. The Bertz CT molecular complexity index is 564. The lowest BCUT2D eigenvalue weighted by Gasteiger charge is -2.31. The largest absolute Gasteiger partial charge is 0.493 e. The van der Waals surface area contributed by atoms with Gasteiger partial charge in [-0.05, 0) is 31.9 Å². The molecule has 1 heterocycles. The number of ether oxygens (including phenoxy) is 3. The van der Waals surface area contributed by atoms with Crippen LogP contribution in [-0.4, -0.2) is 50.4 Å². The van der Waals surface area contributed by atoms with Crippen LogP contribution in [0.1, 0.15) is 19.8 Å². The van der Waals surface area contributed by atoms with Crippen LogP contribution in [0.4, 0.5) is 4.79 Å². The van der Waals surface area contributed by atoms with Crippen LogP contribution in [0, 0.1) is 5.92 Å². The van der Waals surface area contributed by atoms with E-state index in [1.807, 2.05) is 12.1 Å². The van der Waals surface area contributed by atoms with Crippen LogP contribution in [-0.2, 0) is 9.53 Å². The van der Waals surface area contributed by atoms with E-state index in [9.17, 15) is 9.59 Å². The molecule has 2 amide bonds. The number of carbonyl (C=O) groups is 2. The number of amides is 2. The van der Waals surface area contributed by atoms with E-state index in [4.69, 9.17) is 14.2 Å². The van der Waals surface area contributed by atoms with Crippen molar-refractivity contribution in [3.05, 3.63) is 24.3 Å². The number of carbonyl (C=O) groups excluding carboxylic acids is 2. The standard InChI is InChI=1S/C17H24N2O5/c1-3-23-16(20)13-7-6-10-19(11-13)17(21)18-12-24-15-9-5-4-8-14(15)22-2/h4-5,8-9,13H,3,6-7,10-12H2,1-2H3,(H,18,21). The Morgan fingerprint density at radius 2 is 2.04 bits per heavy atom. The topological polar surface area (TPSA) is 77.1 Å². The molecule has 132 valence electrons. The lowest BCUT2D eigenvalue weighted by molar-refractivity contribution is -0.149. The Balaban J connectivity index is 1.80. The highest BCUT2D eigenvalue weighted by Gasteiger charge is 2.29. The third-order valence-electron chi connectivity index (χ3n) is 3.85. The molecule has 0 aromatic heterocycles. The average molecular weight is 336 g/mol. The first-order valence-electron chi connectivity index (χ1n) is 8.11. The number of methoxy groups -OCH3 is 1. The first kappa shape index (κ1) is 17.9. The highest BCUT2D eigenvalue weighted by atomic mass is 16.5. The van der Waals surface area contributed by atoms with Crippen molar-refractivity contribution in [3.8, 4) is 11.5 Å². The SMILES string of the molecule is CCOC(=O)C1CCCN(C(=O)NCOc2ccccc2OC)C1. The number of hydrogen-bond donors (Lipinski definition) is 1. The second kappa shape index (κ2) is 9.00.